The summed E-state index contributed by atoms with van der Waals surface area (Å²) < 4.78 is 40.8. The zero-order valence-electron chi connectivity index (χ0n) is 7.34. The highest BCUT2D eigenvalue weighted by molar-refractivity contribution is 4.77. The number of halogens is 3. The number of alkyl halides is 3. The van der Waals surface area contributed by atoms with E-state index in [1.54, 1.807) is 0 Å². The second-order valence-corrected chi connectivity index (χ2v) is 3.41. The van der Waals surface area contributed by atoms with Crippen molar-refractivity contribution in [2.24, 2.45) is 0 Å². The van der Waals surface area contributed by atoms with Crippen molar-refractivity contribution in [1.29, 1.82) is 0 Å². The largest absolute Gasteiger partial charge is 0.414 e. The lowest BCUT2D eigenvalue weighted by atomic mass is 10.3. The van der Waals surface area contributed by atoms with Crippen molar-refractivity contribution in [2.45, 2.75) is 50.7 Å². The van der Waals surface area contributed by atoms with E-state index in [0.29, 0.717) is 19.3 Å². The number of ether oxygens (including phenoxy) is 1. The molecule has 0 aliphatic heterocycles. The molecule has 0 saturated heterocycles. The van der Waals surface area contributed by atoms with Crippen LogP contribution >= 0.6 is 0 Å². The molecule has 3 unspecified atom stereocenters. The molecule has 0 radical (unpaired) electrons. The molecule has 1 saturated carbocycles. The standard InChI is InChI=1S/C8H13F3O2/c1-5(8(9,10)11)13-7-3-2-6(12)4-7/h5-7,12H,2-4H2,1H3. The number of aliphatic hydroxyl groups excluding tert-OH is 1. The molecule has 13 heavy (non-hydrogen) atoms. The van der Waals surface area contributed by atoms with E-state index in [4.69, 9.17) is 9.84 Å². The highest BCUT2D eigenvalue weighted by Crippen LogP contribution is 2.28. The minimum absolute atomic E-state index is 0.320. The first-order valence-corrected chi connectivity index (χ1v) is 4.30. The Hall–Kier alpha value is -0.290. The van der Waals surface area contributed by atoms with Gasteiger partial charge in [0.2, 0.25) is 0 Å². The molecule has 2 nitrogen and oxygen atoms in total. The molecule has 3 atom stereocenters. The van der Waals surface area contributed by atoms with E-state index >= 15 is 0 Å². The Balaban J connectivity index is 2.33. The Kier molecular flexibility index (Phi) is 3.18. The summed E-state index contributed by atoms with van der Waals surface area (Å²) in [5.74, 6) is 0. The molecule has 1 aliphatic rings. The number of rotatable bonds is 2. The normalized spacial score (nSPS) is 32.1. The van der Waals surface area contributed by atoms with Crippen molar-refractivity contribution >= 4 is 0 Å². The van der Waals surface area contributed by atoms with Gasteiger partial charge in [0, 0.05) is 0 Å². The lowest BCUT2D eigenvalue weighted by Gasteiger charge is -2.20. The fourth-order valence-corrected chi connectivity index (χ4v) is 1.41. The van der Waals surface area contributed by atoms with Crippen molar-refractivity contribution in [3.8, 4) is 0 Å². The molecule has 0 aromatic carbocycles. The Morgan fingerprint density at radius 2 is 2.00 bits per heavy atom. The van der Waals surface area contributed by atoms with Crippen molar-refractivity contribution in [3.05, 3.63) is 0 Å². The van der Waals surface area contributed by atoms with Crippen molar-refractivity contribution < 1.29 is 23.0 Å². The molecular formula is C8H13F3O2. The molecule has 0 aromatic heterocycles. The van der Waals surface area contributed by atoms with Crippen molar-refractivity contribution in [3.63, 3.8) is 0 Å². The molecule has 78 valence electrons. The second-order valence-electron chi connectivity index (χ2n) is 3.41. The summed E-state index contributed by atoms with van der Waals surface area (Å²) in [7, 11) is 0. The molecule has 1 N–H and O–H groups in total. The van der Waals surface area contributed by atoms with Gasteiger partial charge in [-0.2, -0.15) is 13.2 Å². The summed E-state index contributed by atoms with van der Waals surface area (Å²) in [6.07, 6.45) is -5.59. The van der Waals surface area contributed by atoms with E-state index in [9.17, 15) is 13.2 Å². The SMILES string of the molecule is CC(OC1CCC(O)C1)C(F)(F)F. The average Bonchev–Trinajstić information content (AvgIpc) is 2.33. The number of aliphatic hydroxyl groups is 1. The highest BCUT2D eigenvalue weighted by atomic mass is 19.4. The number of hydrogen-bond donors (Lipinski definition) is 1. The Bertz CT molecular complexity index is 169. The third-order valence-electron chi connectivity index (χ3n) is 2.21. The molecular weight excluding hydrogens is 185 g/mol. The summed E-state index contributed by atoms with van der Waals surface area (Å²) in [5.41, 5.74) is 0. The summed E-state index contributed by atoms with van der Waals surface area (Å²) >= 11 is 0. The fourth-order valence-electron chi connectivity index (χ4n) is 1.41. The maximum Gasteiger partial charge on any atom is 0.414 e. The van der Waals surface area contributed by atoms with Gasteiger partial charge in [0.1, 0.15) is 0 Å². The first kappa shape index (κ1) is 10.8. The van der Waals surface area contributed by atoms with Crippen LogP contribution in [0.25, 0.3) is 0 Å². The van der Waals surface area contributed by atoms with Crippen LogP contribution in [0.5, 0.6) is 0 Å². The summed E-state index contributed by atoms with van der Waals surface area (Å²) in [6.45, 7) is 0.991. The van der Waals surface area contributed by atoms with Gasteiger partial charge in [-0.25, -0.2) is 0 Å². The third kappa shape index (κ3) is 3.15. The predicted octanol–water partition coefficient (Wildman–Crippen LogP) is 1.87. The van der Waals surface area contributed by atoms with E-state index in [1.807, 2.05) is 0 Å². The highest BCUT2D eigenvalue weighted by Gasteiger charge is 2.39. The maximum absolute atomic E-state index is 12.0. The van der Waals surface area contributed by atoms with Crippen LogP contribution in [0.3, 0.4) is 0 Å². The van der Waals surface area contributed by atoms with Crippen LogP contribution in [0, 0.1) is 0 Å². The van der Waals surface area contributed by atoms with Gasteiger partial charge in [-0.15, -0.1) is 0 Å². The molecule has 1 aliphatic carbocycles. The summed E-state index contributed by atoms with van der Waals surface area (Å²) in [6, 6.07) is 0. The van der Waals surface area contributed by atoms with Crippen LogP contribution in [-0.4, -0.2) is 29.6 Å². The first-order chi connectivity index (χ1) is 5.89. The van der Waals surface area contributed by atoms with Gasteiger partial charge >= 0.3 is 6.18 Å². The number of hydrogen-bond acceptors (Lipinski definition) is 2. The molecule has 0 aromatic rings. The molecule has 0 amide bonds. The average molecular weight is 198 g/mol. The molecule has 0 spiro atoms. The van der Waals surface area contributed by atoms with Gasteiger partial charge in [0.25, 0.3) is 0 Å². The topological polar surface area (TPSA) is 29.5 Å². The maximum atomic E-state index is 12.0. The van der Waals surface area contributed by atoms with E-state index in [-0.39, 0.29) is 0 Å². The minimum Gasteiger partial charge on any atom is -0.393 e. The zero-order chi connectivity index (χ0) is 10.1. The lowest BCUT2D eigenvalue weighted by Crippen LogP contribution is -2.32. The Labute approximate surface area is 74.7 Å². The van der Waals surface area contributed by atoms with E-state index < -0.39 is 24.5 Å². The van der Waals surface area contributed by atoms with E-state index in [2.05, 4.69) is 0 Å². The van der Waals surface area contributed by atoms with Gasteiger partial charge in [0.15, 0.2) is 6.10 Å². The van der Waals surface area contributed by atoms with Gasteiger partial charge < -0.3 is 9.84 Å². The molecule has 1 fully saturated rings. The fraction of sp³-hybridized carbons (Fsp3) is 1.00. The minimum atomic E-state index is -4.30. The Morgan fingerprint density at radius 1 is 1.38 bits per heavy atom. The zero-order valence-corrected chi connectivity index (χ0v) is 7.34. The van der Waals surface area contributed by atoms with Gasteiger partial charge in [-0.3, -0.25) is 0 Å². The van der Waals surface area contributed by atoms with Crippen LogP contribution in [-0.2, 0) is 4.74 Å². The van der Waals surface area contributed by atoms with Gasteiger partial charge in [-0.05, 0) is 26.2 Å². The lowest BCUT2D eigenvalue weighted by molar-refractivity contribution is -0.226. The van der Waals surface area contributed by atoms with E-state index in [0.717, 1.165) is 6.92 Å². The smallest absolute Gasteiger partial charge is 0.393 e. The molecule has 1 rings (SSSR count). The molecule has 5 heteroatoms. The second kappa shape index (κ2) is 3.84. The monoisotopic (exact) mass is 198 g/mol. The quantitative estimate of drug-likeness (QED) is 0.733. The van der Waals surface area contributed by atoms with Crippen LogP contribution < -0.4 is 0 Å². The van der Waals surface area contributed by atoms with Gasteiger partial charge in [0.05, 0.1) is 12.2 Å². The van der Waals surface area contributed by atoms with Crippen LogP contribution in [0.2, 0.25) is 0 Å². The Morgan fingerprint density at radius 3 is 2.38 bits per heavy atom. The third-order valence-corrected chi connectivity index (χ3v) is 2.21. The van der Waals surface area contributed by atoms with Crippen molar-refractivity contribution in [1.82, 2.24) is 0 Å². The summed E-state index contributed by atoms with van der Waals surface area (Å²) in [4.78, 5) is 0. The molecule has 0 bridgehead atoms. The van der Waals surface area contributed by atoms with E-state index in [1.165, 1.54) is 0 Å². The van der Waals surface area contributed by atoms with Crippen LogP contribution in [0.1, 0.15) is 26.2 Å². The summed E-state index contributed by atoms with van der Waals surface area (Å²) in [5, 5.41) is 9.05. The molecule has 0 heterocycles. The first-order valence-electron chi connectivity index (χ1n) is 4.30. The van der Waals surface area contributed by atoms with Crippen LogP contribution in [0.4, 0.5) is 13.2 Å². The van der Waals surface area contributed by atoms with Crippen LogP contribution in [0.15, 0.2) is 0 Å². The van der Waals surface area contributed by atoms with Crippen molar-refractivity contribution in [2.75, 3.05) is 0 Å². The van der Waals surface area contributed by atoms with Gasteiger partial charge in [-0.1, -0.05) is 0 Å². The predicted molar refractivity (Wildman–Crippen MR) is 40.2 cm³/mol.